The van der Waals surface area contributed by atoms with Crippen LogP contribution in [-0.4, -0.2) is 98.2 Å². The number of aliphatic hydroxyl groups is 2. The predicted octanol–water partition coefficient (Wildman–Crippen LogP) is 0.209. The summed E-state index contributed by atoms with van der Waals surface area (Å²) < 4.78 is 13.3. The first-order valence-electron chi connectivity index (χ1n) is 12.9. The van der Waals surface area contributed by atoms with Crippen LogP contribution in [0.2, 0.25) is 0 Å². The number of nitrogen functional groups attached to an aromatic ring is 1. The van der Waals surface area contributed by atoms with E-state index in [1.54, 1.807) is 4.57 Å². The van der Waals surface area contributed by atoms with Gasteiger partial charge >= 0.3 is 0 Å². The van der Waals surface area contributed by atoms with Crippen LogP contribution in [0.3, 0.4) is 0 Å². The lowest BCUT2D eigenvalue weighted by Crippen LogP contribution is -2.39. The topological polar surface area (TPSA) is 161 Å². The van der Waals surface area contributed by atoms with Gasteiger partial charge in [-0.05, 0) is 39.3 Å². The number of hydrogen-bond donors (Lipinski definition) is 4. The quantitative estimate of drug-likeness (QED) is 0.240. The van der Waals surface area contributed by atoms with Crippen molar-refractivity contribution in [2.24, 2.45) is 0 Å². The smallest absolute Gasteiger partial charge is 0.220 e. The van der Waals surface area contributed by atoms with Gasteiger partial charge in [-0.3, -0.25) is 9.36 Å². The highest BCUT2D eigenvalue weighted by Crippen LogP contribution is 2.32. The SMILES string of the molecule is CN(CCCC(=O)NCCOC1C#CCCCCC1)C[C@H]1O[C@@H](n2cnc3c(N)ncnc32)[C@H](O)[C@@H]1O. The molecule has 2 aromatic heterocycles. The van der Waals surface area contributed by atoms with Gasteiger partial charge in [-0.25, -0.2) is 15.0 Å². The number of imidazole rings is 1. The first-order chi connectivity index (χ1) is 17.9. The highest BCUT2D eigenvalue weighted by Gasteiger charge is 2.44. The number of ether oxygens (including phenoxy) is 2. The molecule has 1 fully saturated rings. The van der Waals surface area contributed by atoms with Gasteiger partial charge < -0.3 is 35.6 Å². The summed E-state index contributed by atoms with van der Waals surface area (Å²) in [6.45, 7) is 1.94. The summed E-state index contributed by atoms with van der Waals surface area (Å²) in [5, 5.41) is 24.1. The summed E-state index contributed by atoms with van der Waals surface area (Å²) in [7, 11) is 1.89. The molecule has 37 heavy (non-hydrogen) atoms. The van der Waals surface area contributed by atoms with Crippen LogP contribution in [0.15, 0.2) is 12.7 Å². The Morgan fingerprint density at radius 1 is 1.30 bits per heavy atom. The Morgan fingerprint density at radius 3 is 3.03 bits per heavy atom. The Morgan fingerprint density at radius 2 is 2.16 bits per heavy atom. The maximum Gasteiger partial charge on any atom is 0.220 e. The second kappa shape index (κ2) is 13.1. The van der Waals surface area contributed by atoms with Crippen LogP contribution < -0.4 is 11.1 Å². The normalized spacial score (nSPS) is 26.0. The fraction of sp³-hybridized carbons (Fsp3) is 0.680. The number of carbonyl (C=O) groups is 1. The minimum absolute atomic E-state index is 0.0263. The molecule has 1 amide bonds. The minimum atomic E-state index is -1.16. The number of carbonyl (C=O) groups excluding carboxylic acids is 1. The van der Waals surface area contributed by atoms with Gasteiger partial charge in [0, 0.05) is 25.9 Å². The van der Waals surface area contributed by atoms with Crippen LogP contribution in [0.5, 0.6) is 0 Å². The third kappa shape index (κ3) is 7.15. The van der Waals surface area contributed by atoms with E-state index in [4.69, 9.17) is 15.2 Å². The Kier molecular flexibility index (Phi) is 9.65. The number of nitrogens with two attached hydrogens (primary N) is 1. The fourth-order valence-electron chi connectivity index (χ4n) is 4.66. The third-order valence-corrected chi connectivity index (χ3v) is 6.71. The molecule has 1 saturated heterocycles. The molecule has 0 saturated carbocycles. The van der Waals surface area contributed by atoms with E-state index in [2.05, 4.69) is 32.1 Å². The second-order valence-electron chi connectivity index (χ2n) is 9.62. The number of anilines is 1. The zero-order chi connectivity index (χ0) is 26.2. The van der Waals surface area contributed by atoms with Crippen LogP contribution in [0.25, 0.3) is 11.2 Å². The lowest BCUT2D eigenvalue weighted by atomic mass is 10.1. The molecule has 12 nitrogen and oxygen atoms in total. The molecule has 202 valence electrons. The van der Waals surface area contributed by atoms with Crippen LogP contribution in [0.4, 0.5) is 5.82 Å². The van der Waals surface area contributed by atoms with Crippen molar-refractivity contribution in [3.63, 3.8) is 0 Å². The van der Waals surface area contributed by atoms with E-state index in [0.717, 1.165) is 25.7 Å². The van der Waals surface area contributed by atoms with Gasteiger partial charge in [-0.2, -0.15) is 0 Å². The van der Waals surface area contributed by atoms with Gasteiger partial charge in [0.2, 0.25) is 5.91 Å². The van der Waals surface area contributed by atoms with Crippen molar-refractivity contribution in [3.05, 3.63) is 12.7 Å². The number of amides is 1. The summed E-state index contributed by atoms with van der Waals surface area (Å²) in [6.07, 6.45) is 5.44. The van der Waals surface area contributed by atoms with E-state index in [-0.39, 0.29) is 17.8 Å². The molecule has 2 aliphatic rings. The van der Waals surface area contributed by atoms with E-state index in [1.807, 2.05) is 11.9 Å². The summed E-state index contributed by atoms with van der Waals surface area (Å²) in [6, 6.07) is 0. The summed E-state index contributed by atoms with van der Waals surface area (Å²) in [4.78, 5) is 26.4. The van der Waals surface area contributed by atoms with E-state index in [0.29, 0.717) is 50.2 Å². The number of hydrogen-bond acceptors (Lipinski definition) is 10. The second-order valence-corrected chi connectivity index (χ2v) is 9.62. The largest absolute Gasteiger partial charge is 0.387 e. The number of aliphatic hydroxyl groups excluding tert-OH is 2. The Hall–Kier alpha value is -2.82. The lowest BCUT2D eigenvalue weighted by molar-refractivity contribution is -0.121. The molecule has 5 N–H and O–H groups in total. The molecular weight excluding hydrogens is 478 g/mol. The molecule has 0 spiro atoms. The molecule has 1 aliphatic heterocycles. The third-order valence-electron chi connectivity index (χ3n) is 6.71. The Labute approximate surface area is 216 Å². The van der Waals surface area contributed by atoms with Gasteiger partial charge in [-0.15, -0.1) is 5.92 Å². The van der Waals surface area contributed by atoms with Crippen LogP contribution in [-0.2, 0) is 14.3 Å². The zero-order valence-corrected chi connectivity index (χ0v) is 21.3. The molecule has 0 radical (unpaired) electrons. The van der Waals surface area contributed by atoms with E-state index < -0.39 is 24.5 Å². The summed E-state index contributed by atoms with van der Waals surface area (Å²) >= 11 is 0. The maximum atomic E-state index is 12.2. The van der Waals surface area contributed by atoms with E-state index in [1.165, 1.54) is 19.1 Å². The number of rotatable bonds is 11. The monoisotopic (exact) mass is 515 g/mol. The number of fused-ring (bicyclic) bond motifs is 1. The molecule has 0 bridgehead atoms. The molecule has 1 aliphatic carbocycles. The van der Waals surface area contributed by atoms with Crippen LogP contribution in [0.1, 0.15) is 51.2 Å². The molecule has 3 heterocycles. The number of nitrogens with one attached hydrogen (secondary N) is 1. The maximum absolute atomic E-state index is 12.2. The first-order valence-corrected chi connectivity index (χ1v) is 12.9. The predicted molar refractivity (Wildman–Crippen MR) is 136 cm³/mol. The van der Waals surface area contributed by atoms with Crippen molar-refractivity contribution in [2.45, 2.75) is 75.6 Å². The summed E-state index contributed by atoms with van der Waals surface area (Å²) in [5.74, 6) is 6.52. The molecule has 5 atom stereocenters. The van der Waals surface area contributed by atoms with Crippen molar-refractivity contribution in [1.29, 1.82) is 0 Å². The molecule has 12 heteroatoms. The van der Waals surface area contributed by atoms with Crippen molar-refractivity contribution in [3.8, 4) is 11.8 Å². The van der Waals surface area contributed by atoms with E-state index >= 15 is 0 Å². The molecule has 1 unspecified atom stereocenters. The highest BCUT2D eigenvalue weighted by molar-refractivity contribution is 5.81. The zero-order valence-electron chi connectivity index (χ0n) is 21.3. The van der Waals surface area contributed by atoms with Crippen LogP contribution in [0, 0.1) is 11.8 Å². The fourth-order valence-corrected chi connectivity index (χ4v) is 4.66. The minimum Gasteiger partial charge on any atom is -0.387 e. The Bertz CT molecular complexity index is 1100. The summed E-state index contributed by atoms with van der Waals surface area (Å²) in [5.41, 5.74) is 6.67. The van der Waals surface area contributed by atoms with Gasteiger partial charge in [0.05, 0.1) is 12.9 Å². The van der Waals surface area contributed by atoms with E-state index in [9.17, 15) is 15.0 Å². The van der Waals surface area contributed by atoms with Crippen LogP contribution >= 0.6 is 0 Å². The van der Waals surface area contributed by atoms with Crippen molar-refractivity contribution in [2.75, 3.05) is 39.0 Å². The first kappa shape index (κ1) is 27.2. The lowest BCUT2D eigenvalue weighted by Gasteiger charge is -2.22. The number of aromatic nitrogens is 4. The van der Waals surface area contributed by atoms with Gasteiger partial charge in [-0.1, -0.05) is 12.3 Å². The van der Waals surface area contributed by atoms with Gasteiger partial charge in [0.15, 0.2) is 17.7 Å². The highest BCUT2D eigenvalue weighted by atomic mass is 16.6. The number of likely N-dealkylation sites (N-methyl/N-ethyl adjacent to an activating group) is 1. The molecule has 2 aromatic rings. The van der Waals surface area contributed by atoms with Gasteiger partial charge in [0.25, 0.3) is 0 Å². The molecular formula is C25H37N7O5. The standard InChI is InChI=1S/C25H37N7O5/c1-31(12-7-10-19(33)27-11-13-36-17-8-5-3-2-4-6-9-17)14-18-21(34)22(35)25(37-18)32-16-30-20-23(26)28-15-29-24(20)32/h15-18,21-22,25,34-35H,2-5,7-8,10-14H2,1H3,(H,27,33)(H2,26,28,29)/t17?,18-,21-,22-,25-/m1/s1. The number of nitrogens with zero attached hydrogens (tertiary/aromatic N) is 5. The average molecular weight is 516 g/mol. The van der Waals surface area contributed by atoms with Crippen molar-refractivity contribution in [1.82, 2.24) is 29.7 Å². The van der Waals surface area contributed by atoms with Crippen molar-refractivity contribution >= 4 is 22.9 Å². The Balaban J connectivity index is 1.15. The van der Waals surface area contributed by atoms with Crippen molar-refractivity contribution < 1.29 is 24.5 Å². The molecule has 4 rings (SSSR count). The van der Waals surface area contributed by atoms with Gasteiger partial charge in [0.1, 0.15) is 36.3 Å². The molecule has 0 aromatic carbocycles. The average Bonchev–Trinajstić information content (AvgIpc) is 3.40.